The number of nitrogens with one attached hydrogen (secondary N) is 1. The van der Waals surface area contributed by atoms with Crippen LogP contribution in [0.15, 0.2) is 36.5 Å². The predicted molar refractivity (Wildman–Crippen MR) is 265 cm³/mol. The minimum absolute atomic E-state index is 0.243. The van der Waals surface area contributed by atoms with E-state index < -0.39 is 74.2 Å². The molecular weight excluding hydrogens is 823 g/mol. The van der Waals surface area contributed by atoms with E-state index in [0.717, 1.165) is 32.1 Å². The van der Waals surface area contributed by atoms with Gasteiger partial charge in [-0.15, -0.1) is 0 Å². The number of carbonyl (C=O) groups is 1. The Morgan fingerprint density at radius 2 is 0.985 bits per heavy atom. The molecule has 1 heterocycles. The first-order valence-electron chi connectivity index (χ1n) is 26.9. The van der Waals surface area contributed by atoms with E-state index in [1.54, 1.807) is 0 Å². The highest BCUT2D eigenvalue weighted by Crippen LogP contribution is 2.23. The summed E-state index contributed by atoms with van der Waals surface area (Å²) < 4.78 is 11.0. The maximum absolute atomic E-state index is 13.1. The van der Waals surface area contributed by atoms with Crippen LogP contribution in [0.2, 0.25) is 0 Å². The summed E-state index contributed by atoms with van der Waals surface area (Å²) in [6, 6.07) is -1.19. The van der Waals surface area contributed by atoms with Crippen molar-refractivity contribution in [1.29, 1.82) is 0 Å². The van der Waals surface area contributed by atoms with E-state index in [4.69, 9.17) is 9.47 Å². The Balaban J connectivity index is 2.18. The molecule has 0 aliphatic carbocycles. The van der Waals surface area contributed by atoms with Crippen LogP contribution in [0, 0.1) is 0 Å². The van der Waals surface area contributed by atoms with Crippen LogP contribution in [0.1, 0.15) is 232 Å². The van der Waals surface area contributed by atoms with E-state index >= 15 is 0 Å². The summed E-state index contributed by atoms with van der Waals surface area (Å²) in [7, 11) is 0. The molecule has 8 N–H and O–H groups in total. The predicted octanol–water partition coefficient (Wildman–Crippen LogP) is 10.3. The molecule has 0 spiro atoms. The quantitative estimate of drug-likeness (QED) is 0.0216. The largest absolute Gasteiger partial charge is 0.394 e. The number of allylic oxidation sites excluding steroid dienone is 6. The number of rotatable bonds is 45. The van der Waals surface area contributed by atoms with Gasteiger partial charge in [0.1, 0.15) is 36.6 Å². The number of aliphatic hydroxyl groups is 7. The monoisotopic (exact) mass is 924 g/mol. The van der Waals surface area contributed by atoms with Gasteiger partial charge in [0.2, 0.25) is 5.91 Å². The molecule has 382 valence electrons. The van der Waals surface area contributed by atoms with Crippen molar-refractivity contribution in [2.24, 2.45) is 0 Å². The first kappa shape index (κ1) is 61.3. The lowest BCUT2D eigenvalue weighted by molar-refractivity contribution is -0.303. The Hall–Kier alpha value is -1.67. The molecule has 0 radical (unpaired) electrons. The van der Waals surface area contributed by atoms with Gasteiger partial charge in [0.05, 0.1) is 25.4 Å². The van der Waals surface area contributed by atoms with E-state index in [-0.39, 0.29) is 12.8 Å². The highest BCUT2D eigenvalue weighted by atomic mass is 16.7. The zero-order valence-corrected chi connectivity index (χ0v) is 41.5. The van der Waals surface area contributed by atoms with Crippen LogP contribution in [-0.4, -0.2) is 110 Å². The van der Waals surface area contributed by atoms with Gasteiger partial charge >= 0.3 is 0 Å². The number of unbranched alkanes of at least 4 members (excludes halogenated alkanes) is 28. The zero-order valence-electron chi connectivity index (χ0n) is 41.5. The topological polar surface area (TPSA) is 189 Å². The fourth-order valence-corrected chi connectivity index (χ4v) is 8.58. The molecule has 65 heavy (non-hydrogen) atoms. The highest BCUT2D eigenvalue weighted by molar-refractivity contribution is 5.80. The number of hydrogen-bond donors (Lipinski definition) is 8. The second kappa shape index (κ2) is 43.6. The summed E-state index contributed by atoms with van der Waals surface area (Å²) in [5.74, 6) is -0.713. The van der Waals surface area contributed by atoms with Crippen LogP contribution in [0.5, 0.6) is 0 Å². The van der Waals surface area contributed by atoms with Crippen molar-refractivity contribution < 1.29 is 50.0 Å². The van der Waals surface area contributed by atoms with Crippen molar-refractivity contribution >= 4 is 5.91 Å². The van der Waals surface area contributed by atoms with Gasteiger partial charge in [-0.3, -0.25) is 4.79 Å². The van der Waals surface area contributed by atoms with Gasteiger partial charge in [-0.05, 0) is 71.1 Å². The fourth-order valence-electron chi connectivity index (χ4n) is 8.58. The van der Waals surface area contributed by atoms with Crippen LogP contribution in [0.3, 0.4) is 0 Å². The van der Waals surface area contributed by atoms with Gasteiger partial charge in [0, 0.05) is 0 Å². The van der Waals surface area contributed by atoms with Crippen molar-refractivity contribution in [2.75, 3.05) is 13.2 Å². The summed E-state index contributed by atoms with van der Waals surface area (Å²) in [6.07, 6.45) is 41.3. The first-order valence-corrected chi connectivity index (χ1v) is 26.9. The average molecular weight is 924 g/mol. The molecule has 0 bridgehead atoms. The van der Waals surface area contributed by atoms with Gasteiger partial charge in [0.25, 0.3) is 0 Å². The molecule has 9 unspecified atom stereocenters. The van der Waals surface area contributed by atoms with Gasteiger partial charge in [-0.2, -0.15) is 0 Å². The fraction of sp³-hybridized carbons (Fsp3) is 0.870. The average Bonchev–Trinajstić information content (AvgIpc) is 3.31. The van der Waals surface area contributed by atoms with E-state index in [2.05, 4.69) is 36.5 Å². The third-order valence-corrected chi connectivity index (χ3v) is 13.0. The van der Waals surface area contributed by atoms with Crippen molar-refractivity contribution in [1.82, 2.24) is 5.32 Å². The van der Waals surface area contributed by atoms with Crippen molar-refractivity contribution in [3.8, 4) is 0 Å². The van der Waals surface area contributed by atoms with Gasteiger partial charge in [-0.25, -0.2) is 0 Å². The molecule has 1 fully saturated rings. The Bertz CT molecular complexity index is 1150. The Morgan fingerprint density at radius 1 is 0.554 bits per heavy atom. The molecule has 11 nitrogen and oxygen atoms in total. The second-order valence-corrected chi connectivity index (χ2v) is 18.9. The van der Waals surface area contributed by atoms with Crippen LogP contribution in [0.4, 0.5) is 0 Å². The van der Waals surface area contributed by atoms with E-state index in [0.29, 0.717) is 19.3 Å². The molecule has 0 aromatic heterocycles. The number of amides is 1. The van der Waals surface area contributed by atoms with E-state index in [9.17, 15) is 40.5 Å². The lowest BCUT2D eigenvalue weighted by Crippen LogP contribution is -2.60. The molecule has 11 heteroatoms. The molecule has 0 aromatic carbocycles. The van der Waals surface area contributed by atoms with Gasteiger partial charge in [0.15, 0.2) is 6.29 Å². The second-order valence-electron chi connectivity index (χ2n) is 18.9. The first-order chi connectivity index (χ1) is 31.7. The molecule has 9 atom stereocenters. The summed E-state index contributed by atoms with van der Waals surface area (Å²) >= 11 is 0. The molecule has 0 saturated carbocycles. The molecular formula is C54H101NO10. The van der Waals surface area contributed by atoms with Crippen LogP contribution >= 0.6 is 0 Å². The lowest BCUT2D eigenvalue weighted by Gasteiger charge is -2.40. The molecule has 1 aliphatic rings. The Morgan fingerprint density at radius 3 is 1.46 bits per heavy atom. The minimum Gasteiger partial charge on any atom is -0.394 e. The van der Waals surface area contributed by atoms with Crippen LogP contribution in [0.25, 0.3) is 0 Å². The number of hydrogen-bond acceptors (Lipinski definition) is 10. The smallest absolute Gasteiger partial charge is 0.249 e. The molecule has 1 aliphatic heterocycles. The lowest BCUT2D eigenvalue weighted by atomic mass is 9.98. The van der Waals surface area contributed by atoms with Gasteiger partial charge in [-0.1, -0.05) is 197 Å². The van der Waals surface area contributed by atoms with E-state index in [1.807, 2.05) is 19.1 Å². The summed E-state index contributed by atoms with van der Waals surface area (Å²) in [6.45, 7) is 3.18. The standard InChI is InChI=1S/C54H101NO10/c1-3-5-7-9-11-13-14-15-16-17-18-19-20-21-22-23-24-25-26-27-28-29-30-31-32-33-34-36-38-40-42-47(58)53(63)55-45(44-64-54-52(62)51(61)50(60)48(43-56)65-54)49(59)46(57)41-39-37-35-12-10-8-6-4-2/h4,6,12,21-22,35,45-52,54,56-62H,3,5,7-11,13-20,23-34,36-44H2,1-2H3,(H,55,63)/b6-4+,22-21-,35-12+. The SMILES string of the molecule is C/C=C/CC/C=C/CCCC(O)C(O)C(COC1OC(CO)C(O)C(O)C1O)NC(=O)C(O)CCCCCCCCCCCCCCCC/C=C\CCCCCCCCCCCCCC. The number of ether oxygens (including phenoxy) is 2. The van der Waals surface area contributed by atoms with E-state index in [1.165, 1.54) is 154 Å². The third kappa shape index (κ3) is 32.7. The van der Waals surface area contributed by atoms with Crippen molar-refractivity contribution in [3.05, 3.63) is 36.5 Å². The molecule has 1 saturated heterocycles. The zero-order chi connectivity index (χ0) is 47.6. The molecule has 1 amide bonds. The Kier molecular flexibility index (Phi) is 41.1. The maximum atomic E-state index is 13.1. The highest BCUT2D eigenvalue weighted by Gasteiger charge is 2.44. The normalized spacial score (nSPS) is 21.2. The van der Waals surface area contributed by atoms with Crippen molar-refractivity contribution in [3.63, 3.8) is 0 Å². The third-order valence-electron chi connectivity index (χ3n) is 13.0. The molecule has 1 rings (SSSR count). The van der Waals surface area contributed by atoms with Gasteiger partial charge < -0.3 is 50.5 Å². The summed E-state index contributed by atoms with van der Waals surface area (Å²) in [5, 5.41) is 75.5. The summed E-state index contributed by atoms with van der Waals surface area (Å²) in [4.78, 5) is 13.1. The Labute approximate surface area is 397 Å². The molecule has 0 aromatic rings. The number of carbonyl (C=O) groups excluding carboxylic acids is 1. The minimum atomic E-state index is -1.67. The van der Waals surface area contributed by atoms with Crippen molar-refractivity contribution in [2.45, 2.75) is 287 Å². The maximum Gasteiger partial charge on any atom is 0.249 e. The summed E-state index contributed by atoms with van der Waals surface area (Å²) in [5.41, 5.74) is 0. The number of aliphatic hydroxyl groups excluding tert-OH is 7. The van der Waals surface area contributed by atoms with Crippen LogP contribution < -0.4 is 5.32 Å². The van der Waals surface area contributed by atoms with Crippen LogP contribution in [-0.2, 0) is 14.3 Å².